The second-order valence-corrected chi connectivity index (χ2v) is 8.69. The van der Waals surface area contributed by atoms with Crippen molar-refractivity contribution < 1.29 is 19.7 Å². The average Bonchev–Trinajstić information content (AvgIpc) is 2.75. The average molecular weight is 407 g/mol. The number of methoxy groups -OCH3 is 1. The number of hydrogen-bond acceptors (Lipinski definition) is 6. The van der Waals surface area contributed by atoms with E-state index in [9.17, 15) is 10.2 Å². The van der Waals surface area contributed by atoms with Crippen LogP contribution in [0.3, 0.4) is 0 Å². The quantitative estimate of drug-likeness (QED) is 0.657. The molecular weight excluding hydrogens is 368 g/mol. The van der Waals surface area contributed by atoms with Crippen molar-refractivity contribution in [3.63, 3.8) is 0 Å². The molecule has 2 fully saturated rings. The molecule has 1 aliphatic carbocycles. The summed E-state index contributed by atoms with van der Waals surface area (Å²) in [7, 11) is 3.87. The molecule has 1 aromatic carbocycles. The second kappa shape index (κ2) is 11.2. The zero-order valence-electron chi connectivity index (χ0n) is 18.1. The fourth-order valence-electron chi connectivity index (χ4n) is 4.51. The molecule has 29 heavy (non-hydrogen) atoms. The van der Waals surface area contributed by atoms with E-state index in [1.807, 2.05) is 12.1 Å². The first kappa shape index (κ1) is 22.3. The Kier molecular flexibility index (Phi) is 8.60. The Balaban J connectivity index is 1.49. The summed E-state index contributed by atoms with van der Waals surface area (Å²) in [5, 5.41) is 19.9. The molecule has 1 aliphatic heterocycles. The van der Waals surface area contributed by atoms with Gasteiger partial charge in [-0.15, -0.1) is 0 Å². The Morgan fingerprint density at radius 3 is 2.52 bits per heavy atom. The minimum Gasteiger partial charge on any atom is -0.493 e. The van der Waals surface area contributed by atoms with Crippen LogP contribution in [0, 0.1) is 0 Å². The van der Waals surface area contributed by atoms with Gasteiger partial charge in [-0.1, -0.05) is 25.3 Å². The van der Waals surface area contributed by atoms with Crippen molar-refractivity contribution in [2.45, 2.75) is 69.7 Å². The lowest BCUT2D eigenvalue weighted by Crippen LogP contribution is -2.41. The Morgan fingerprint density at radius 1 is 1.10 bits per heavy atom. The third-order valence-corrected chi connectivity index (χ3v) is 6.32. The van der Waals surface area contributed by atoms with Crippen LogP contribution in [0.25, 0.3) is 0 Å². The Hall–Kier alpha value is -1.34. The van der Waals surface area contributed by atoms with E-state index in [0.717, 1.165) is 32.5 Å². The molecule has 6 heteroatoms. The number of benzene rings is 1. The lowest BCUT2D eigenvalue weighted by atomic mass is 9.94. The SMILES string of the molecule is COc1cc(CN(C)C2CCCCC2)ccc1OCC(O)CN1CCC(O)CC1. The molecule has 1 aromatic rings. The summed E-state index contributed by atoms with van der Waals surface area (Å²) < 4.78 is 11.4. The van der Waals surface area contributed by atoms with Crippen LogP contribution in [0.2, 0.25) is 0 Å². The number of aliphatic hydroxyl groups excluding tert-OH is 2. The summed E-state index contributed by atoms with van der Waals surface area (Å²) in [6.45, 7) is 3.36. The molecule has 164 valence electrons. The van der Waals surface area contributed by atoms with Crippen molar-refractivity contribution in [3.05, 3.63) is 23.8 Å². The highest BCUT2D eigenvalue weighted by molar-refractivity contribution is 5.43. The minimum absolute atomic E-state index is 0.195. The maximum atomic E-state index is 10.3. The highest BCUT2D eigenvalue weighted by Gasteiger charge is 2.21. The van der Waals surface area contributed by atoms with Gasteiger partial charge in [0, 0.05) is 32.2 Å². The van der Waals surface area contributed by atoms with Crippen LogP contribution in [-0.4, -0.2) is 78.7 Å². The number of ether oxygens (including phenoxy) is 2. The number of piperidine rings is 1. The molecule has 0 radical (unpaired) electrons. The number of nitrogens with zero attached hydrogens (tertiary/aromatic N) is 2. The molecule has 1 atom stereocenters. The van der Waals surface area contributed by atoms with E-state index >= 15 is 0 Å². The van der Waals surface area contributed by atoms with Crippen molar-refractivity contribution >= 4 is 0 Å². The topological polar surface area (TPSA) is 65.4 Å². The van der Waals surface area contributed by atoms with E-state index in [-0.39, 0.29) is 12.7 Å². The van der Waals surface area contributed by atoms with Crippen molar-refractivity contribution in [1.82, 2.24) is 9.80 Å². The Labute approximate surface area is 175 Å². The van der Waals surface area contributed by atoms with Crippen molar-refractivity contribution in [3.8, 4) is 11.5 Å². The zero-order chi connectivity index (χ0) is 20.6. The molecule has 1 heterocycles. The molecule has 2 N–H and O–H groups in total. The third kappa shape index (κ3) is 6.85. The predicted octanol–water partition coefficient (Wildman–Crippen LogP) is 2.66. The fourth-order valence-corrected chi connectivity index (χ4v) is 4.51. The number of rotatable bonds is 9. The van der Waals surface area contributed by atoms with Crippen LogP contribution >= 0.6 is 0 Å². The van der Waals surface area contributed by atoms with Crippen LogP contribution in [0.1, 0.15) is 50.5 Å². The predicted molar refractivity (Wildman–Crippen MR) is 115 cm³/mol. The van der Waals surface area contributed by atoms with E-state index in [4.69, 9.17) is 9.47 Å². The van der Waals surface area contributed by atoms with Crippen LogP contribution in [0.15, 0.2) is 18.2 Å². The van der Waals surface area contributed by atoms with Gasteiger partial charge < -0.3 is 24.6 Å². The minimum atomic E-state index is -0.563. The monoisotopic (exact) mass is 406 g/mol. The maximum Gasteiger partial charge on any atom is 0.161 e. The molecule has 1 unspecified atom stereocenters. The largest absolute Gasteiger partial charge is 0.493 e. The van der Waals surface area contributed by atoms with Gasteiger partial charge in [-0.2, -0.15) is 0 Å². The van der Waals surface area contributed by atoms with Crippen LogP contribution < -0.4 is 9.47 Å². The normalized spacial score (nSPS) is 20.7. The van der Waals surface area contributed by atoms with E-state index in [2.05, 4.69) is 22.9 Å². The number of β-amino-alcohol motifs (C(OH)–C–C–N with tert-alkyl or cyclic N) is 1. The van der Waals surface area contributed by atoms with Gasteiger partial charge in [0.05, 0.1) is 13.2 Å². The summed E-state index contributed by atoms with van der Waals surface area (Å²) >= 11 is 0. The molecule has 1 saturated carbocycles. The van der Waals surface area contributed by atoms with Gasteiger partial charge in [-0.3, -0.25) is 4.90 Å². The van der Waals surface area contributed by atoms with Gasteiger partial charge in [-0.25, -0.2) is 0 Å². The first-order valence-electron chi connectivity index (χ1n) is 11.1. The molecule has 1 saturated heterocycles. The van der Waals surface area contributed by atoms with Crippen molar-refractivity contribution in [2.75, 3.05) is 40.4 Å². The summed E-state index contributed by atoms with van der Waals surface area (Å²) in [4.78, 5) is 4.63. The second-order valence-electron chi connectivity index (χ2n) is 8.69. The van der Waals surface area contributed by atoms with Crippen molar-refractivity contribution in [2.24, 2.45) is 0 Å². The van der Waals surface area contributed by atoms with E-state index in [0.29, 0.717) is 24.1 Å². The lowest BCUT2D eigenvalue weighted by Gasteiger charge is -2.31. The van der Waals surface area contributed by atoms with Gasteiger partial charge >= 0.3 is 0 Å². The van der Waals surface area contributed by atoms with Crippen molar-refractivity contribution in [1.29, 1.82) is 0 Å². The van der Waals surface area contributed by atoms with Gasteiger partial charge in [-0.05, 0) is 50.4 Å². The first-order chi connectivity index (χ1) is 14.0. The highest BCUT2D eigenvalue weighted by Crippen LogP contribution is 2.30. The number of aliphatic hydroxyl groups is 2. The lowest BCUT2D eigenvalue weighted by molar-refractivity contribution is 0.0333. The van der Waals surface area contributed by atoms with Gasteiger partial charge in [0.2, 0.25) is 0 Å². The highest BCUT2D eigenvalue weighted by atomic mass is 16.5. The molecule has 3 rings (SSSR count). The van der Waals surface area contributed by atoms with Crippen LogP contribution in [0.5, 0.6) is 11.5 Å². The molecular formula is C23H38N2O4. The molecule has 2 aliphatic rings. The number of hydrogen-bond donors (Lipinski definition) is 2. The van der Waals surface area contributed by atoms with Gasteiger partial charge in [0.25, 0.3) is 0 Å². The Morgan fingerprint density at radius 2 is 1.83 bits per heavy atom. The summed E-state index contributed by atoms with van der Waals surface area (Å²) in [6, 6.07) is 6.77. The number of likely N-dealkylation sites (tertiary alicyclic amines) is 1. The van der Waals surface area contributed by atoms with Gasteiger partial charge in [0.1, 0.15) is 12.7 Å². The molecule has 0 amide bonds. The molecule has 0 spiro atoms. The first-order valence-corrected chi connectivity index (χ1v) is 11.1. The third-order valence-electron chi connectivity index (χ3n) is 6.32. The standard InChI is InChI=1S/C23H38N2O4/c1-24(19-6-4-3-5-7-19)15-18-8-9-22(23(14-18)28-2)29-17-21(27)16-25-12-10-20(26)11-13-25/h8-9,14,19-21,26-27H,3-7,10-13,15-17H2,1-2H3. The van der Waals surface area contributed by atoms with E-state index in [1.54, 1.807) is 7.11 Å². The van der Waals surface area contributed by atoms with Crippen LogP contribution in [0.4, 0.5) is 0 Å². The smallest absolute Gasteiger partial charge is 0.161 e. The molecule has 0 aromatic heterocycles. The van der Waals surface area contributed by atoms with E-state index in [1.165, 1.54) is 37.7 Å². The fraction of sp³-hybridized carbons (Fsp3) is 0.739. The molecule has 0 bridgehead atoms. The Bertz CT molecular complexity index is 613. The maximum absolute atomic E-state index is 10.3. The van der Waals surface area contributed by atoms with E-state index < -0.39 is 6.10 Å². The zero-order valence-corrected chi connectivity index (χ0v) is 18.1. The van der Waals surface area contributed by atoms with Crippen LogP contribution in [-0.2, 0) is 6.54 Å². The summed E-state index contributed by atoms with van der Waals surface area (Å²) in [5.74, 6) is 1.39. The summed E-state index contributed by atoms with van der Waals surface area (Å²) in [6.07, 6.45) is 7.43. The van der Waals surface area contributed by atoms with Gasteiger partial charge in [0.15, 0.2) is 11.5 Å². The molecule has 6 nitrogen and oxygen atoms in total. The summed E-state index contributed by atoms with van der Waals surface area (Å²) in [5.41, 5.74) is 1.22.